The molecule has 1 aromatic rings. The van der Waals surface area contributed by atoms with Crippen LogP contribution in [0.3, 0.4) is 0 Å². The van der Waals surface area contributed by atoms with Crippen LogP contribution in [0.1, 0.15) is 37.9 Å². The van der Waals surface area contributed by atoms with Gasteiger partial charge in [0.05, 0.1) is 23.8 Å². The van der Waals surface area contributed by atoms with Crippen molar-refractivity contribution in [3.63, 3.8) is 0 Å². The van der Waals surface area contributed by atoms with Crippen LogP contribution in [0, 0.1) is 0 Å². The molecule has 0 saturated carbocycles. The van der Waals surface area contributed by atoms with Crippen molar-refractivity contribution in [2.75, 3.05) is 13.2 Å². The highest BCUT2D eigenvalue weighted by atomic mass is 35.5. The zero-order valence-corrected chi connectivity index (χ0v) is 11.3. The SMILES string of the molecule is C[C@@H](O)c1ccc(OCCC2CCCO2)c(Cl)c1. The molecule has 2 atom stereocenters. The van der Waals surface area contributed by atoms with Gasteiger partial charge in [0.2, 0.25) is 0 Å². The Balaban J connectivity index is 1.85. The van der Waals surface area contributed by atoms with Crippen LogP contribution in [0.15, 0.2) is 18.2 Å². The van der Waals surface area contributed by atoms with Gasteiger partial charge in [-0.3, -0.25) is 0 Å². The van der Waals surface area contributed by atoms with Crippen LogP contribution in [0.2, 0.25) is 5.02 Å². The van der Waals surface area contributed by atoms with E-state index in [-0.39, 0.29) is 0 Å². The van der Waals surface area contributed by atoms with Gasteiger partial charge >= 0.3 is 0 Å². The number of aliphatic hydroxyl groups is 1. The monoisotopic (exact) mass is 270 g/mol. The van der Waals surface area contributed by atoms with Gasteiger partial charge in [-0.15, -0.1) is 0 Å². The molecule has 3 nitrogen and oxygen atoms in total. The maximum Gasteiger partial charge on any atom is 0.137 e. The predicted octanol–water partition coefficient (Wildman–Crippen LogP) is 3.34. The van der Waals surface area contributed by atoms with Crippen molar-refractivity contribution in [3.05, 3.63) is 28.8 Å². The van der Waals surface area contributed by atoms with E-state index in [1.807, 2.05) is 6.07 Å². The largest absolute Gasteiger partial charge is 0.492 e. The van der Waals surface area contributed by atoms with Gasteiger partial charge in [-0.05, 0) is 37.5 Å². The van der Waals surface area contributed by atoms with Crippen molar-refractivity contribution in [1.29, 1.82) is 0 Å². The smallest absolute Gasteiger partial charge is 0.137 e. The van der Waals surface area contributed by atoms with E-state index in [1.54, 1.807) is 19.1 Å². The maximum atomic E-state index is 9.44. The molecule has 0 radical (unpaired) electrons. The normalized spacial score (nSPS) is 20.9. The van der Waals surface area contributed by atoms with Gasteiger partial charge in [-0.1, -0.05) is 17.7 Å². The van der Waals surface area contributed by atoms with Crippen molar-refractivity contribution in [1.82, 2.24) is 0 Å². The highest BCUT2D eigenvalue weighted by Gasteiger charge is 2.15. The average Bonchev–Trinajstić information content (AvgIpc) is 2.84. The minimum Gasteiger partial charge on any atom is -0.492 e. The summed E-state index contributed by atoms with van der Waals surface area (Å²) < 4.78 is 11.2. The highest BCUT2D eigenvalue weighted by Crippen LogP contribution is 2.28. The Labute approximate surface area is 113 Å². The summed E-state index contributed by atoms with van der Waals surface area (Å²) >= 11 is 6.10. The van der Waals surface area contributed by atoms with E-state index in [4.69, 9.17) is 21.1 Å². The fourth-order valence-corrected chi connectivity index (χ4v) is 2.31. The van der Waals surface area contributed by atoms with Crippen LogP contribution in [0.4, 0.5) is 0 Å². The van der Waals surface area contributed by atoms with E-state index >= 15 is 0 Å². The maximum absolute atomic E-state index is 9.44. The average molecular weight is 271 g/mol. The first kappa shape index (κ1) is 13.7. The molecule has 0 aliphatic carbocycles. The summed E-state index contributed by atoms with van der Waals surface area (Å²) in [6, 6.07) is 5.38. The number of hydrogen-bond acceptors (Lipinski definition) is 3. The second kappa shape index (κ2) is 6.41. The van der Waals surface area contributed by atoms with Gasteiger partial charge in [0.25, 0.3) is 0 Å². The third-order valence-corrected chi connectivity index (χ3v) is 3.46. The van der Waals surface area contributed by atoms with E-state index in [9.17, 15) is 5.11 Å². The lowest BCUT2D eigenvalue weighted by Crippen LogP contribution is -2.10. The Kier molecular flexibility index (Phi) is 4.87. The first-order chi connectivity index (χ1) is 8.66. The summed E-state index contributed by atoms with van der Waals surface area (Å²) in [7, 11) is 0. The molecule has 0 aromatic heterocycles. The van der Waals surface area contributed by atoms with E-state index < -0.39 is 6.10 Å². The molecular formula is C14H19ClO3. The second-order valence-corrected chi connectivity index (χ2v) is 5.05. The first-order valence-electron chi connectivity index (χ1n) is 6.38. The number of halogens is 1. The quantitative estimate of drug-likeness (QED) is 0.892. The Morgan fingerprint density at radius 2 is 2.39 bits per heavy atom. The summed E-state index contributed by atoms with van der Waals surface area (Å²) in [6.45, 7) is 3.19. The molecule has 1 N–H and O–H groups in total. The standard InChI is InChI=1S/C14H19ClO3/c1-10(16)11-4-5-14(13(15)9-11)18-8-6-12-3-2-7-17-12/h4-5,9-10,12,16H,2-3,6-8H2,1H3/t10-,12?/m1/s1. The molecule has 0 spiro atoms. The van der Waals surface area contributed by atoms with Crippen molar-refractivity contribution in [2.45, 2.75) is 38.4 Å². The summed E-state index contributed by atoms with van der Waals surface area (Å²) in [5.74, 6) is 0.666. The molecule has 1 heterocycles. The van der Waals surface area contributed by atoms with Crippen LogP contribution in [-0.2, 0) is 4.74 Å². The van der Waals surface area contributed by atoms with Crippen molar-refractivity contribution in [3.8, 4) is 5.75 Å². The summed E-state index contributed by atoms with van der Waals surface area (Å²) in [4.78, 5) is 0. The molecule has 1 saturated heterocycles. The molecule has 1 aliphatic rings. The van der Waals surface area contributed by atoms with Gasteiger partial charge in [0, 0.05) is 13.0 Å². The fraction of sp³-hybridized carbons (Fsp3) is 0.571. The summed E-state index contributed by atoms with van der Waals surface area (Å²) in [6.07, 6.45) is 2.99. The van der Waals surface area contributed by atoms with Crippen molar-refractivity contribution < 1.29 is 14.6 Å². The second-order valence-electron chi connectivity index (χ2n) is 4.64. The highest BCUT2D eigenvalue weighted by molar-refractivity contribution is 6.32. The zero-order chi connectivity index (χ0) is 13.0. The van der Waals surface area contributed by atoms with E-state index in [1.165, 1.54) is 0 Å². The van der Waals surface area contributed by atoms with Crippen molar-refractivity contribution in [2.24, 2.45) is 0 Å². The predicted molar refractivity (Wildman–Crippen MR) is 71.2 cm³/mol. The molecule has 0 amide bonds. The number of hydrogen-bond donors (Lipinski definition) is 1. The lowest BCUT2D eigenvalue weighted by Gasteiger charge is -2.13. The van der Waals surface area contributed by atoms with Crippen molar-refractivity contribution >= 4 is 11.6 Å². The molecule has 1 aliphatic heterocycles. The molecule has 18 heavy (non-hydrogen) atoms. The summed E-state index contributed by atoms with van der Waals surface area (Å²) in [5, 5.41) is 9.99. The van der Waals surface area contributed by atoms with Crippen LogP contribution in [0.5, 0.6) is 5.75 Å². The molecule has 1 fully saturated rings. The topological polar surface area (TPSA) is 38.7 Å². The molecular weight excluding hydrogens is 252 g/mol. The Bertz CT molecular complexity index is 387. The molecule has 0 bridgehead atoms. The Hall–Kier alpha value is -0.770. The van der Waals surface area contributed by atoms with E-state index in [2.05, 4.69) is 0 Å². The Morgan fingerprint density at radius 1 is 1.56 bits per heavy atom. The molecule has 2 rings (SSSR count). The zero-order valence-electron chi connectivity index (χ0n) is 10.6. The van der Waals surface area contributed by atoms with Crippen LogP contribution in [0.25, 0.3) is 0 Å². The first-order valence-corrected chi connectivity index (χ1v) is 6.76. The number of aliphatic hydroxyl groups excluding tert-OH is 1. The van der Waals surface area contributed by atoms with Gasteiger partial charge in [0.1, 0.15) is 5.75 Å². The number of ether oxygens (including phenoxy) is 2. The van der Waals surface area contributed by atoms with Crippen LogP contribution >= 0.6 is 11.6 Å². The minimum atomic E-state index is -0.511. The Morgan fingerprint density at radius 3 is 3.00 bits per heavy atom. The molecule has 4 heteroatoms. The number of benzene rings is 1. The minimum absolute atomic E-state index is 0.334. The van der Waals surface area contributed by atoms with Gasteiger partial charge in [0.15, 0.2) is 0 Å². The van der Waals surface area contributed by atoms with E-state index in [0.29, 0.717) is 23.5 Å². The fourth-order valence-electron chi connectivity index (χ4n) is 2.07. The van der Waals surface area contributed by atoms with Crippen LogP contribution < -0.4 is 4.74 Å². The van der Waals surface area contributed by atoms with Gasteiger partial charge < -0.3 is 14.6 Å². The third-order valence-electron chi connectivity index (χ3n) is 3.16. The molecule has 100 valence electrons. The third kappa shape index (κ3) is 3.61. The number of rotatable bonds is 5. The lowest BCUT2D eigenvalue weighted by molar-refractivity contribution is 0.0903. The lowest BCUT2D eigenvalue weighted by atomic mass is 10.1. The van der Waals surface area contributed by atoms with Gasteiger partial charge in [-0.2, -0.15) is 0 Å². The van der Waals surface area contributed by atoms with E-state index in [0.717, 1.165) is 31.4 Å². The van der Waals surface area contributed by atoms with Gasteiger partial charge in [-0.25, -0.2) is 0 Å². The molecule has 1 unspecified atom stereocenters. The summed E-state index contributed by atoms with van der Waals surface area (Å²) in [5.41, 5.74) is 0.798. The van der Waals surface area contributed by atoms with Crippen LogP contribution in [-0.4, -0.2) is 24.4 Å². The molecule has 1 aromatic carbocycles.